The molecule has 2 fully saturated rings. The fourth-order valence-corrected chi connectivity index (χ4v) is 4.51. The molecule has 2 aromatic rings. The molecule has 0 saturated carbocycles. The number of carbonyl (C=O) groups excluding carboxylic acids is 1. The summed E-state index contributed by atoms with van der Waals surface area (Å²) in [6, 6.07) is 19.3. The lowest BCUT2D eigenvalue weighted by Gasteiger charge is -2.31. The predicted molar refractivity (Wildman–Crippen MR) is 119 cm³/mol. The van der Waals surface area contributed by atoms with Gasteiger partial charge < -0.3 is 10.2 Å². The van der Waals surface area contributed by atoms with Crippen LogP contribution in [0.1, 0.15) is 43.2 Å². The van der Waals surface area contributed by atoms with E-state index in [1.807, 2.05) is 0 Å². The van der Waals surface area contributed by atoms with Crippen LogP contribution in [0.4, 0.5) is 5.69 Å². The van der Waals surface area contributed by atoms with Gasteiger partial charge in [0.25, 0.3) is 0 Å². The SMILES string of the molecule is O=C(NCc1ccc(N2CCCCC2)cc1)C1CCN(Cc2ccccc2)CC1. The van der Waals surface area contributed by atoms with Crippen molar-refractivity contribution in [1.29, 1.82) is 0 Å². The normalized spacial score (nSPS) is 18.6. The van der Waals surface area contributed by atoms with Crippen molar-refractivity contribution in [2.45, 2.75) is 45.2 Å². The molecule has 154 valence electrons. The molecule has 4 rings (SSSR count). The summed E-state index contributed by atoms with van der Waals surface area (Å²) in [6.45, 7) is 5.94. The standard InChI is InChI=1S/C25H33N3O/c29-25(23-13-17-27(18-14-23)20-22-7-3-1-4-8-22)26-19-21-9-11-24(12-10-21)28-15-5-2-6-16-28/h1,3-4,7-12,23H,2,5-6,13-20H2,(H,26,29). The van der Waals surface area contributed by atoms with Gasteiger partial charge in [-0.3, -0.25) is 9.69 Å². The summed E-state index contributed by atoms with van der Waals surface area (Å²) in [4.78, 5) is 17.5. The Morgan fingerprint density at radius 3 is 2.21 bits per heavy atom. The third-order valence-corrected chi connectivity index (χ3v) is 6.33. The zero-order chi connectivity index (χ0) is 19.9. The summed E-state index contributed by atoms with van der Waals surface area (Å²) in [5, 5.41) is 3.16. The van der Waals surface area contributed by atoms with Crippen LogP contribution in [0.5, 0.6) is 0 Å². The van der Waals surface area contributed by atoms with Crippen molar-refractivity contribution >= 4 is 11.6 Å². The molecule has 2 heterocycles. The molecule has 2 aliphatic heterocycles. The van der Waals surface area contributed by atoms with Crippen LogP contribution in [0.15, 0.2) is 54.6 Å². The van der Waals surface area contributed by atoms with E-state index >= 15 is 0 Å². The third-order valence-electron chi connectivity index (χ3n) is 6.33. The largest absolute Gasteiger partial charge is 0.372 e. The van der Waals surface area contributed by atoms with Crippen molar-refractivity contribution in [3.63, 3.8) is 0 Å². The van der Waals surface area contributed by atoms with Gasteiger partial charge in [-0.2, -0.15) is 0 Å². The second-order valence-corrected chi connectivity index (χ2v) is 8.47. The van der Waals surface area contributed by atoms with E-state index in [4.69, 9.17) is 0 Å². The Morgan fingerprint density at radius 1 is 0.828 bits per heavy atom. The zero-order valence-corrected chi connectivity index (χ0v) is 17.4. The molecule has 0 unspecified atom stereocenters. The second kappa shape index (κ2) is 9.93. The molecule has 0 radical (unpaired) electrons. The van der Waals surface area contributed by atoms with E-state index in [1.54, 1.807) is 0 Å². The maximum atomic E-state index is 12.6. The van der Waals surface area contributed by atoms with E-state index in [-0.39, 0.29) is 11.8 Å². The highest BCUT2D eigenvalue weighted by atomic mass is 16.1. The summed E-state index contributed by atoms with van der Waals surface area (Å²) in [5.74, 6) is 0.360. The first-order valence-electron chi connectivity index (χ1n) is 11.2. The number of nitrogens with one attached hydrogen (secondary N) is 1. The molecule has 0 aromatic heterocycles. The van der Waals surface area contributed by atoms with Crippen LogP contribution in [-0.4, -0.2) is 37.0 Å². The molecule has 0 aliphatic carbocycles. The number of hydrogen-bond acceptors (Lipinski definition) is 3. The summed E-state index contributed by atoms with van der Waals surface area (Å²) >= 11 is 0. The zero-order valence-electron chi connectivity index (χ0n) is 17.4. The monoisotopic (exact) mass is 391 g/mol. The van der Waals surface area contributed by atoms with Gasteiger partial charge in [-0.15, -0.1) is 0 Å². The van der Waals surface area contributed by atoms with Gasteiger partial charge in [-0.05, 0) is 68.5 Å². The topological polar surface area (TPSA) is 35.6 Å². The Hall–Kier alpha value is -2.33. The number of carbonyl (C=O) groups is 1. The van der Waals surface area contributed by atoms with Crippen molar-refractivity contribution < 1.29 is 4.79 Å². The molecule has 0 atom stereocenters. The quantitative estimate of drug-likeness (QED) is 0.801. The molecule has 4 heteroatoms. The van der Waals surface area contributed by atoms with Gasteiger partial charge in [0.05, 0.1) is 0 Å². The Kier molecular flexibility index (Phi) is 6.83. The van der Waals surface area contributed by atoms with E-state index < -0.39 is 0 Å². The number of hydrogen-bond donors (Lipinski definition) is 1. The lowest BCUT2D eigenvalue weighted by Crippen LogP contribution is -2.40. The summed E-state index contributed by atoms with van der Waals surface area (Å²) in [6.07, 6.45) is 5.84. The van der Waals surface area contributed by atoms with Crippen molar-refractivity contribution in [3.05, 3.63) is 65.7 Å². The van der Waals surface area contributed by atoms with Crippen LogP contribution in [0.2, 0.25) is 0 Å². The van der Waals surface area contributed by atoms with E-state index in [2.05, 4.69) is 69.7 Å². The Morgan fingerprint density at radius 2 is 1.52 bits per heavy atom. The highest BCUT2D eigenvalue weighted by molar-refractivity contribution is 5.78. The number of amides is 1. The number of likely N-dealkylation sites (tertiary alicyclic amines) is 1. The lowest BCUT2D eigenvalue weighted by molar-refractivity contribution is -0.126. The maximum Gasteiger partial charge on any atom is 0.223 e. The smallest absolute Gasteiger partial charge is 0.223 e. The molecule has 0 bridgehead atoms. The predicted octanol–water partition coefficient (Wildman–Crippen LogP) is 4.21. The highest BCUT2D eigenvalue weighted by Crippen LogP contribution is 2.21. The fourth-order valence-electron chi connectivity index (χ4n) is 4.51. The molecule has 2 saturated heterocycles. The Balaban J connectivity index is 1.20. The van der Waals surface area contributed by atoms with E-state index in [1.165, 1.54) is 49.2 Å². The summed E-state index contributed by atoms with van der Waals surface area (Å²) < 4.78 is 0. The molecule has 2 aliphatic rings. The highest BCUT2D eigenvalue weighted by Gasteiger charge is 2.24. The average molecular weight is 392 g/mol. The van der Waals surface area contributed by atoms with E-state index in [0.717, 1.165) is 32.5 Å². The van der Waals surface area contributed by atoms with Gasteiger partial charge in [-0.25, -0.2) is 0 Å². The second-order valence-electron chi connectivity index (χ2n) is 8.47. The molecular weight excluding hydrogens is 358 g/mol. The van der Waals surface area contributed by atoms with Crippen molar-refractivity contribution in [2.75, 3.05) is 31.1 Å². The average Bonchev–Trinajstić information content (AvgIpc) is 2.80. The van der Waals surface area contributed by atoms with Gasteiger partial charge >= 0.3 is 0 Å². The first kappa shape index (κ1) is 20.0. The van der Waals surface area contributed by atoms with Gasteiger partial charge in [0, 0.05) is 37.8 Å². The molecule has 1 N–H and O–H groups in total. The van der Waals surface area contributed by atoms with Crippen molar-refractivity contribution in [2.24, 2.45) is 5.92 Å². The minimum Gasteiger partial charge on any atom is -0.372 e. The van der Waals surface area contributed by atoms with Gasteiger partial charge in [-0.1, -0.05) is 42.5 Å². The van der Waals surface area contributed by atoms with Crippen molar-refractivity contribution in [3.8, 4) is 0 Å². The number of nitrogens with zero attached hydrogens (tertiary/aromatic N) is 2. The molecule has 2 aromatic carbocycles. The van der Waals surface area contributed by atoms with Crippen LogP contribution in [-0.2, 0) is 17.9 Å². The van der Waals surface area contributed by atoms with Crippen LogP contribution in [0.25, 0.3) is 0 Å². The fraction of sp³-hybridized carbons (Fsp3) is 0.480. The number of anilines is 1. The van der Waals surface area contributed by atoms with E-state index in [9.17, 15) is 4.79 Å². The maximum absolute atomic E-state index is 12.6. The molecule has 1 amide bonds. The van der Waals surface area contributed by atoms with Gasteiger partial charge in [0.2, 0.25) is 5.91 Å². The number of benzene rings is 2. The molecule has 29 heavy (non-hydrogen) atoms. The molecule has 0 spiro atoms. The van der Waals surface area contributed by atoms with Gasteiger partial charge in [0.1, 0.15) is 0 Å². The molecular formula is C25H33N3O. The first-order valence-corrected chi connectivity index (χ1v) is 11.2. The summed E-state index contributed by atoms with van der Waals surface area (Å²) in [5.41, 5.74) is 3.84. The minimum absolute atomic E-state index is 0.148. The Bertz CT molecular complexity index is 760. The van der Waals surface area contributed by atoms with Gasteiger partial charge in [0.15, 0.2) is 0 Å². The van der Waals surface area contributed by atoms with Crippen LogP contribution < -0.4 is 10.2 Å². The van der Waals surface area contributed by atoms with Crippen LogP contribution in [0, 0.1) is 5.92 Å². The summed E-state index contributed by atoms with van der Waals surface area (Å²) in [7, 11) is 0. The molecule has 4 nitrogen and oxygen atoms in total. The van der Waals surface area contributed by atoms with Crippen molar-refractivity contribution in [1.82, 2.24) is 10.2 Å². The lowest BCUT2D eigenvalue weighted by atomic mass is 9.95. The van der Waals surface area contributed by atoms with Crippen LogP contribution in [0.3, 0.4) is 0 Å². The van der Waals surface area contributed by atoms with E-state index in [0.29, 0.717) is 6.54 Å². The first-order chi connectivity index (χ1) is 14.3. The number of rotatable bonds is 6. The minimum atomic E-state index is 0.148. The van der Waals surface area contributed by atoms with Crippen LogP contribution >= 0.6 is 0 Å². The number of piperidine rings is 2. The third kappa shape index (κ3) is 5.60. The Labute approximate surface area is 174 Å².